The molecule has 1 amide bonds. The van der Waals surface area contributed by atoms with Gasteiger partial charge in [0.15, 0.2) is 12.2 Å². The molecule has 6 heteroatoms. The van der Waals surface area contributed by atoms with Crippen LogP contribution < -0.4 is 5.32 Å². The van der Waals surface area contributed by atoms with Crippen molar-refractivity contribution >= 4 is 5.91 Å². The van der Waals surface area contributed by atoms with E-state index in [0.717, 1.165) is 5.56 Å². The SMILES string of the molecule is O=C(NCC1(O)CCOCC1)c1ccc(-c2cnco2)cc1. The standard InChI is InChI=1S/C16H18N2O4/c19-15(18-10-16(20)5-7-21-8-6-16)13-3-1-12(2-4-13)14-9-17-11-22-14/h1-4,9,11,20H,5-8,10H2,(H,18,19). The number of hydrogen-bond acceptors (Lipinski definition) is 5. The predicted octanol–water partition coefficient (Wildman–Crippen LogP) is 1.61. The van der Waals surface area contributed by atoms with Crippen LogP contribution in [0.25, 0.3) is 11.3 Å². The summed E-state index contributed by atoms with van der Waals surface area (Å²) >= 11 is 0. The summed E-state index contributed by atoms with van der Waals surface area (Å²) in [5.74, 6) is 0.451. The zero-order valence-electron chi connectivity index (χ0n) is 12.1. The molecule has 2 N–H and O–H groups in total. The number of rotatable bonds is 4. The Bertz CT molecular complexity index is 616. The molecule has 6 nitrogen and oxygen atoms in total. The van der Waals surface area contributed by atoms with E-state index in [1.54, 1.807) is 30.5 Å². The van der Waals surface area contributed by atoms with E-state index in [1.807, 2.05) is 0 Å². The zero-order valence-corrected chi connectivity index (χ0v) is 12.1. The Labute approximate surface area is 128 Å². The molecule has 116 valence electrons. The minimum absolute atomic E-state index is 0.205. The van der Waals surface area contributed by atoms with Crippen molar-refractivity contribution in [2.75, 3.05) is 19.8 Å². The summed E-state index contributed by atoms with van der Waals surface area (Å²) in [6.07, 6.45) is 4.07. The van der Waals surface area contributed by atoms with Crippen LogP contribution in [0.2, 0.25) is 0 Å². The Hall–Kier alpha value is -2.18. The molecule has 0 unspecified atom stereocenters. The number of oxazole rings is 1. The van der Waals surface area contributed by atoms with Crippen molar-refractivity contribution in [1.82, 2.24) is 10.3 Å². The van der Waals surface area contributed by atoms with Gasteiger partial charge in [0.1, 0.15) is 0 Å². The van der Waals surface area contributed by atoms with Crippen LogP contribution in [0.1, 0.15) is 23.2 Å². The third kappa shape index (κ3) is 3.35. The molecular weight excluding hydrogens is 284 g/mol. The number of carbonyl (C=O) groups excluding carboxylic acids is 1. The third-order valence-electron chi connectivity index (χ3n) is 3.87. The number of nitrogens with zero attached hydrogens (tertiary/aromatic N) is 1. The summed E-state index contributed by atoms with van der Waals surface area (Å²) in [6.45, 7) is 1.29. The highest BCUT2D eigenvalue weighted by molar-refractivity contribution is 5.94. The maximum Gasteiger partial charge on any atom is 0.251 e. The Morgan fingerprint density at radius 2 is 2.00 bits per heavy atom. The first-order valence-electron chi connectivity index (χ1n) is 7.24. The van der Waals surface area contributed by atoms with Crippen LogP contribution in [-0.4, -0.2) is 41.4 Å². The first kappa shape index (κ1) is 14.7. The highest BCUT2D eigenvalue weighted by Crippen LogP contribution is 2.20. The largest absolute Gasteiger partial charge is 0.444 e. The zero-order chi connectivity index (χ0) is 15.4. The number of amides is 1. The lowest BCUT2D eigenvalue weighted by atomic mass is 9.94. The Morgan fingerprint density at radius 1 is 1.27 bits per heavy atom. The van der Waals surface area contributed by atoms with Gasteiger partial charge in [0.05, 0.1) is 11.8 Å². The number of aromatic nitrogens is 1. The molecule has 0 bridgehead atoms. The van der Waals surface area contributed by atoms with E-state index in [0.29, 0.717) is 37.4 Å². The van der Waals surface area contributed by atoms with Gasteiger partial charge >= 0.3 is 0 Å². The summed E-state index contributed by atoms with van der Waals surface area (Å²) < 4.78 is 10.4. The lowest BCUT2D eigenvalue weighted by molar-refractivity contribution is -0.0605. The maximum atomic E-state index is 12.1. The highest BCUT2D eigenvalue weighted by Gasteiger charge is 2.30. The number of aliphatic hydroxyl groups is 1. The molecule has 2 heterocycles. The molecule has 0 atom stereocenters. The molecule has 3 rings (SSSR count). The van der Waals surface area contributed by atoms with E-state index in [-0.39, 0.29) is 12.5 Å². The van der Waals surface area contributed by atoms with Gasteiger partial charge in [-0.05, 0) is 12.1 Å². The quantitative estimate of drug-likeness (QED) is 0.896. The Kier molecular flexibility index (Phi) is 4.22. The Balaban J connectivity index is 1.60. The monoisotopic (exact) mass is 302 g/mol. The fraction of sp³-hybridized carbons (Fsp3) is 0.375. The lowest BCUT2D eigenvalue weighted by Crippen LogP contribution is -2.46. The molecule has 1 aromatic heterocycles. The van der Waals surface area contributed by atoms with Crippen LogP contribution in [0.5, 0.6) is 0 Å². The van der Waals surface area contributed by atoms with Gasteiger partial charge < -0.3 is 19.6 Å². The number of ether oxygens (including phenoxy) is 1. The van der Waals surface area contributed by atoms with Crippen LogP contribution in [0.4, 0.5) is 0 Å². The Morgan fingerprint density at radius 3 is 2.64 bits per heavy atom. The van der Waals surface area contributed by atoms with Gasteiger partial charge in [-0.15, -0.1) is 0 Å². The summed E-state index contributed by atoms with van der Waals surface area (Å²) in [7, 11) is 0. The van der Waals surface area contributed by atoms with Crippen LogP contribution in [-0.2, 0) is 4.74 Å². The fourth-order valence-electron chi connectivity index (χ4n) is 2.42. The summed E-state index contributed by atoms with van der Waals surface area (Å²) in [4.78, 5) is 16.0. The molecule has 22 heavy (non-hydrogen) atoms. The first-order valence-corrected chi connectivity index (χ1v) is 7.24. The van der Waals surface area contributed by atoms with Crippen molar-refractivity contribution in [2.45, 2.75) is 18.4 Å². The second-order valence-corrected chi connectivity index (χ2v) is 5.46. The number of hydrogen-bond donors (Lipinski definition) is 2. The number of nitrogens with one attached hydrogen (secondary N) is 1. The van der Waals surface area contributed by atoms with Gasteiger partial charge in [0, 0.05) is 43.7 Å². The molecule has 0 radical (unpaired) electrons. The molecule has 1 aliphatic rings. The van der Waals surface area contributed by atoms with Crippen molar-refractivity contribution in [1.29, 1.82) is 0 Å². The average molecular weight is 302 g/mol. The van der Waals surface area contributed by atoms with Gasteiger partial charge in [0.25, 0.3) is 5.91 Å². The van der Waals surface area contributed by atoms with E-state index in [1.165, 1.54) is 6.39 Å². The molecule has 0 aliphatic carbocycles. The first-order chi connectivity index (χ1) is 10.7. The molecule has 1 saturated heterocycles. The second kappa shape index (κ2) is 6.29. The van der Waals surface area contributed by atoms with E-state index >= 15 is 0 Å². The van der Waals surface area contributed by atoms with Crippen molar-refractivity contribution in [3.05, 3.63) is 42.4 Å². The smallest absolute Gasteiger partial charge is 0.251 e. The maximum absolute atomic E-state index is 12.1. The summed E-state index contributed by atoms with van der Waals surface area (Å²) in [6, 6.07) is 7.06. The van der Waals surface area contributed by atoms with Gasteiger partial charge in [-0.1, -0.05) is 12.1 Å². The van der Waals surface area contributed by atoms with Crippen molar-refractivity contribution in [2.24, 2.45) is 0 Å². The average Bonchev–Trinajstić information content (AvgIpc) is 3.08. The topological polar surface area (TPSA) is 84.6 Å². The molecule has 2 aromatic rings. The van der Waals surface area contributed by atoms with Gasteiger partial charge in [0.2, 0.25) is 0 Å². The van der Waals surface area contributed by atoms with E-state index in [9.17, 15) is 9.90 Å². The molecule has 1 fully saturated rings. The third-order valence-corrected chi connectivity index (χ3v) is 3.87. The van der Waals surface area contributed by atoms with Gasteiger partial charge in [-0.2, -0.15) is 0 Å². The van der Waals surface area contributed by atoms with E-state index < -0.39 is 5.60 Å². The molecular formula is C16H18N2O4. The van der Waals surface area contributed by atoms with Crippen LogP contribution >= 0.6 is 0 Å². The lowest BCUT2D eigenvalue weighted by Gasteiger charge is -2.32. The minimum Gasteiger partial charge on any atom is -0.444 e. The van der Waals surface area contributed by atoms with Crippen molar-refractivity contribution in [3.63, 3.8) is 0 Å². The molecule has 1 aliphatic heterocycles. The van der Waals surface area contributed by atoms with Gasteiger partial charge in [-0.3, -0.25) is 4.79 Å². The van der Waals surface area contributed by atoms with Crippen molar-refractivity contribution in [3.8, 4) is 11.3 Å². The van der Waals surface area contributed by atoms with E-state index in [4.69, 9.17) is 9.15 Å². The molecule has 0 spiro atoms. The summed E-state index contributed by atoms with van der Waals surface area (Å²) in [5, 5.41) is 13.1. The van der Waals surface area contributed by atoms with Crippen LogP contribution in [0, 0.1) is 0 Å². The number of carbonyl (C=O) groups is 1. The van der Waals surface area contributed by atoms with Gasteiger partial charge in [-0.25, -0.2) is 4.98 Å². The normalized spacial score (nSPS) is 17.1. The van der Waals surface area contributed by atoms with E-state index in [2.05, 4.69) is 10.3 Å². The second-order valence-electron chi connectivity index (χ2n) is 5.46. The highest BCUT2D eigenvalue weighted by atomic mass is 16.5. The minimum atomic E-state index is -0.867. The van der Waals surface area contributed by atoms with Crippen LogP contribution in [0.3, 0.4) is 0 Å². The molecule has 0 saturated carbocycles. The summed E-state index contributed by atoms with van der Waals surface area (Å²) in [5.41, 5.74) is 0.532. The number of benzene rings is 1. The predicted molar refractivity (Wildman–Crippen MR) is 79.3 cm³/mol. The molecule has 1 aromatic carbocycles. The fourth-order valence-corrected chi connectivity index (χ4v) is 2.42. The van der Waals surface area contributed by atoms with Crippen LogP contribution in [0.15, 0.2) is 41.3 Å². The van der Waals surface area contributed by atoms with Crippen molar-refractivity contribution < 1.29 is 19.1 Å².